The molecule has 0 radical (unpaired) electrons. The summed E-state index contributed by atoms with van der Waals surface area (Å²) in [6, 6.07) is 6.37. The summed E-state index contributed by atoms with van der Waals surface area (Å²) in [6.07, 6.45) is 4.80. The number of carboxylic acid groups (broad SMARTS) is 1. The van der Waals surface area contributed by atoms with Gasteiger partial charge in [0.25, 0.3) is 0 Å². The van der Waals surface area contributed by atoms with Crippen molar-refractivity contribution in [2.24, 2.45) is 22.9 Å². The molecule has 29 heavy (non-hydrogen) atoms. The Morgan fingerprint density at radius 1 is 0.966 bits per heavy atom. The molecule has 2 rings (SSSR count). The first kappa shape index (κ1) is 46.2. The Labute approximate surface area is 189 Å². The third-order valence-corrected chi connectivity index (χ3v) is 3.18. The Bertz CT molecular complexity index is 433. The molecular formula is C17H44N8O3Pt. The SMILES string of the molecule is CC.N.N.NC1CCCCC1N.NCCN.O=C(O)c1ccccc1O.[NH2-].[NH2-].[Pt+2]. The van der Waals surface area contributed by atoms with E-state index in [-0.39, 0.29) is 69.1 Å². The summed E-state index contributed by atoms with van der Waals surface area (Å²) in [5.41, 5.74) is 21.0. The van der Waals surface area contributed by atoms with Gasteiger partial charge in [-0.1, -0.05) is 38.8 Å². The first-order valence-electron chi connectivity index (χ1n) is 8.36. The Balaban J connectivity index is -0.0000000468. The molecule has 2 atom stereocenters. The van der Waals surface area contributed by atoms with Crippen LogP contribution in [0.2, 0.25) is 0 Å². The van der Waals surface area contributed by atoms with Crippen LogP contribution in [0, 0.1) is 0 Å². The fourth-order valence-corrected chi connectivity index (χ4v) is 1.84. The van der Waals surface area contributed by atoms with Gasteiger partial charge in [0.05, 0.1) is 0 Å². The molecule has 2 unspecified atom stereocenters. The molecule has 20 N–H and O–H groups in total. The average molecular weight is 604 g/mol. The second-order valence-corrected chi connectivity index (χ2v) is 5.01. The van der Waals surface area contributed by atoms with E-state index in [0.29, 0.717) is 13.1 Å². The minimum atomic E-state index is -1.11. The van der Waals surface area contributed by atoms with Crippen LogP contribution in [0.15, 0.2) is 24.3 Å². The van der Waals surface area contributed by atoms with Crippen LogP contribution in [0.3, 0.4) is 0 Å². The summed E-state index contributed by atoms with van der Waals surface area (Å²) in [5.74, 6) is -1.31. The van der Waals surface area contributed by atoms with Crippen molar-refractivity contribution < 1.29 is 36.1 Å². The number of hydrogen-bond donors (Lipinski definition) is 8. The maximum absolute atomic E-state index is 10.3. The topological polar surface area (TPSA) is 299 Å². The Morgan fingerprint density at radius 2 is 1.31 bits per heavy atom. The summed E-state index contributed by atoms with van der Waals surface area (Å²) in [7, 11) is 0. The van der Waals surface area contributed by atoms with Gasteiger partial charge in [-0.3, -0.25) is 0 Å². The maximum Gasteiger partial charge on any atom is 2.00 e. The molecule has 12 heteroatoms. The van der Waals surface area contributed by atoms with Crippen LogP contribution >= 0.6 is 0 Å². The van der Waals surface area contributed by atoms with Crippen molar-refractivity contribution in [3.8, 4) is 5.75 Å². The van der Waals surface area contributed by atoms with Crippen molar-refractivity contribution >= 4 is 5.97 Å². The molecule has 1 aromatic carbocycles. The van der Waals surface area contributed by atoms with Crippen LogP contribution in [0.5, 0.6) is 5.75 Å². The van der Waals surface area contributed by atoms with Crippen molar-refractivity contribution in [3.63, 3.8) is 0 Å². The Kier molecular flexibility index (Phi) is 50.3. The zero-order valence-corrected chi connectivity index (χ0v) is 20.0. The second-order valence-electron chi connectivity index (χ2n) is 5.01. The smallest absolute Gasteiger partial charge is 0.693 e. The van der Waals surface area contributed by atoms with Crippen LogP contribution < -0.4 is 35.2 Å². The molecule has 0 bridgehead atoms. The molecule has 1 aliphatic carbocycles. The van der Waals surface area contributed by atoms with Gasteiger partial charge >= 0.3 is 27.0 Å². The van der Waals surface area contributed by atoms with E-state index in [4.69, 9.17) is 33.1 Å². The van der Waals surface area contributed by atoms with Gasteiger partial charge in [0.1, 0.15) is 11.3 Å². The summed E-state index contributed by atoms with van der Waals surface area (Å²) in [6.45, 7) is 5.19. The third kappa shape index (κ3) is 24.8. The van der Waals surface area contributed by atoms with E-state index >= 15 is 0 Å². The van der Waals surface area contributed by atoms with Gasteiger partial charge in [0, 0.05) is 25.2 Å². The van der Waals surface area contributed by atoms with Crippen LogP contribution in [0.4, 0.5) is 0 Å². The van der Waals surface area contributed by atoms with Gasteiger partial charge in [-0.05, 0) is 25.0 Å². The van der Waals surface area contributed by atoms with Gasteiger partial charge in [-0.15, -0.1) is 0 Å². The number of nitrogens with two attached hydrogens (primary N) is 6. The first-order valence-corrected chi connectivity index (χ1v) is 8.36. The quantitative estimate of drug-likeness (QED) is 0.246. The van der Waals surface area contributed by atoms with Crippen molar-refractivity contribution in [2.75, 3.05) is 13.1 Å². The predicted octanol–water partition coefficient (Wildman–Crippen LogP) is 2.99. The largest absolute Gasteiger partial charge is 2.00 e. The fourth-order valence-electron chi connectivity index (χ4n) is 1.84. The molecule has 1 aliphatic rings. The van der Waals surface area contributed by atoms with Crippen molar-refractivity contribution in [2.45, 2.75) is 51.6 Å². The minimum absolute atomic E-state index is 0. The summed E-state index contributed by atoms with van der Waals surface area (Å²) >= 11 is 0. The number of aromatic hydroxyl groups is 1. The summed E-state index contributed by atoms with van der Waals surface area (Å²) in [4.78, 5) is 10.3. The molecular weight excluding hydrogens is 559 g/mol. The van der Waals surface area contributed by atoms with E-state index in [2.05, 4.69) is 0 Å². The summed E-state index contributed by atoms with van der Waals surface area (Å²) in [5, 5.41) is 17.3. The van der Waals surface area contributed by atoms with Crippen LogP contribution in [-0.4, -0.2) is 41.4 Å². The number of para-hydroxylation sites is 1. The number of carboxylic acids is 1. The van der Waals surface area contributed by atoms with E-state index in [0.717, 1.165) is 12.8 Å². The molecule has 1 saturated carbocycles. The zero-order chi connectivity index (χ0) is 19.0. The van der Waals surface area contributed by atoms with Crippen LogP contribution in [-0.2, 0) is 21.1 Å². The number of phenols is 1. The zero-order valence-electron chi connectivity index (χ0n) is 17.7. The molecule has 1 aromatic rings. The molecule has 11 nitrogen and oxygen atoms in total. The standard InChI is InChI=1S/C7H6O3.C6H14N2.C2H8N2.C2H6.2H3N.2H2N.Pt/c8-6-4-2-1-3-5(6)7(9)10;7-5-3-1-2-4-6(5)8;3-1-2-4;1-2;;;;;/h1-4,8H,(H,9,10);5-6H,1-4,7-8H2;1-4H2;1-2H3;2*1H3;2*1H2;/q;;;;;;2*-1;+2. The Morgan fingerprint density at radius 3 is 1.52 bits per heavy atom. The third-order valence-electron chi connectivity index (χ3n) is 3.18. The first-order chi connectivity index (χ1) is 11.4. The second kappa shape index (κ2) is 31.6. The number of carbonyl (C=O) groups is 1. The molecule has 0 aliphatic heterocycles. The fraction of sp³-hybridized carbons (Fsp3) is 0.588. The predicted molar refractivity (Wildman–Crippen MR) is 120 cm³/mol. The molecule has 180 valence electrons. The average Bonchev–Trinajstić information content (AvgIpc) is 2.60. The number of rotatable bonds is 2. The molecule has 1 fully saturated rings. The maximum atomic E-state index is 10.3. The number of benzene rings is 1. The van der Waals surface area contributed by atoms with Crippen LogP contribution in [0.1, 0.15) is 49.9 Å². The molecule has 0 aromatic heterocycles. The Hall–Kier alpha value is -1.14. The van der Waals surface area contributed by atoms with E-state index < -0.39 is 5.97 Å². The van der Waals surface area contributed by atoms with Gasteiger partial charge in [0.15, 0.2) is 0 Å². The number of aromatic carboxylic acids is 1. The van der Waals surface area contributed by atoms with Gasteiger partial charge in [-0.25, -0.2) is 4.79 Å². The van der Waals surface area contributed by atoms with Gasteiger partial charge in [-0.2, -0.15) is 0 Å². The minimum Gasteiger partial charge on any atom is -0.693 e. The molecule has 0 heterocycles. The van der Waals surface area contributed by atoms with Crippen molar-refractivity contribution in [1.82, 2.24) is 12.3 Å². The molecule has 0 spiro atoms. The van der Waals surface area contributed by atoms with E-state index in [1.807, 2.05) is 13.8 Å². The van der Waals surface area contributed by atoms with Gasteiger partial charge in [0.2, 0.25) is 0 Å². The molecule has 0 saturated heterocycles. The van der Waals surface area contributed by atoms with Crippen LogP contribution in [0.25, 0.3) is 12.3 Å². The van der Waals surface area contributed by atoms with E-state index in [1.165, 1.54) is 25.0 Å². The van der Waals surface area contributed by atoms with E-state index in [9.17, 15) is 4.79 Å². The van der Waals surface area contributed by atoms with Crippen molar-refractivity contribution in [1.29, 1.82) is 0 Å². The normalized spacial score (nSPS) is 15.4. The number of hydrogen-bond acceptors (Lipinski definition) is 8. The van der Waals surface area contributed by atoms with Gasteiger partial charge < -0.3 is 57.7 Å². The summed E-state index contributed by atoms with van der Waals surface area (Å²) < 4.78 is 0. The van der Waals surface area contributed by atoms with E-state index in [1.54, 1.807) is 12.1 Å². The van der Waals surface area contributed by atoms with Crippen molar-refractivity contribution in [3.05, 3.63) is 42.1 Å². The molecule has 0 amide bonds. The monoisotopic (exact) mass is 603 g/mol.